The van der Waals surface area contributed by atoms with E-state index in [-0.39, 0.29) is 18.3 Å². The highest BCUT2D eigenvalue weighted by Crippen LogP contribution is 2.24. The Kier molecular flexibility index (Phi) is 5.31. The van der Waals surface area contributed by atoms with Crippen LogP contribution in [0, 0.1) is 5.92 Å². The zero-order valence-corrected chi connectivity index (χ0v) is 15.8. The number of aromatic nitrogens is 7. The van der Waals surface area contributed by atoms with Crippen LogP contribution in [0.2, 0.25) is 0 Å². The highest BCUT2D eigenvalue weighted by molar-refractivity contribution is 5.97. The molecule has 0 aliphatic heterocycles. The van der Waals surface area contributed by atoms with Gasteiger partial charge in [-0.3, -0.25) is 14.9 Å². The lowest BCUT2D eigenvalue weighted by molar-refractivity contribution is -0.132. The summed E-state index contributed by atoms with van der Waals surface area (Å²) in [5.41, 5.74) is 13.1. The Bertz CT molecular complexity index is 1020. The van der Waals surface area contributed by atoms with Crippen molar-refractivity contribution in [2.45, 2.75) is 39.9 Å². The van der Waals surface area contributed by atoms with Gasteiger partial charge in [-0.2, -0.15) is 0 Å². The Labute approximate surface area is 160 Å². The van der Waals surface area contributed by atoms with E-state index >= 15 is 0 Å². The van der Waals surface area contributed by atoms with E-state index in [0.29, 0.717) is 29.2 Å². The van der Waals surface area contributed by atoms with Gasteiger partial charge in [-0.1, -0.05) is 19.1 Å². The molecule has 148 valence electrons. The highest BCUT2D eigenvalue weighted by atomic mass is 16.2. The maximum absolute atomic E-state index is 12.1. The third-order valence-electron chi connectivity index (χ3n) is 4.23. The van der Waals surface area contributed by atoms with Crippen molar-refractivity contribution in [3.63, 3.8) is 0 Å². The van der Waals surface area contributed by atoms with Crippen molar-refractivity contribution in [3.05, 3.63) is 12.5 Å². The molecule has 0 aliphatic rings. The molecule has 5 N–H and O–H groups in total. The summed E-state index contributed by atoms with van der Waals surface area (Å²) in [6.07, 6.45) is 2.93. The van der Waals surface area contributed by atoms with Crippen molar-refractivity contribution >= 4 is 28.8 Å². The van der Waals surface area contributed by atoms with Gasteiger partial charge in [0.25, 0.3) is 0 Å². The van der Waals surface area contributed by atoms with Crippen molar-refractivity contribution in [2.24, 2.45) is 11.7 Å². The van der Waals surface area contributed by atoms with E-state index in [4.69, 9.17) is 11.5 Å². The number of nitrogens with two attached hydrogens (primary N) is 2. The number of imide groups is 1. The lowest BCUT2D eigenvalue weighted by Crippen LogP contribution is -2.47. The summed E-state index contributed by atoms with van der Waals surface area (Å²) in [7, 11) is 0. The third-order valence-corrected chi connectivity index (χ3v) is 4.23. The largest absolute Gasteiger partial charge is 0.382 e. The first-order valence-electron chi connectivity index (χ1n) is 8.78. The van der Waals surface area contributed by atoms with Gasteiger partial charge in [-0.25, -0.2) is 19.6 Å². The van der Waals surface area contributed by atoms with E-state index in [0.717, 1.165) is 0 Å². The lowest BCUT2D eigenvalue weighted by Gasteiger charge is -2.14. The first kappa shape index (κ1) is 19.4. The van der Waals surface area contributed by atoms with Crippen LogP contribution in [0.5, 0.6) is 0 Å². The fourth-order valence-corrected chi connectivity index (χ4v) is 2.64. The highest BCUT2D eigenvalue weighted by Gasteiger charge is 2.21. The molecule has 2 amide bonds. The van der Waals surface area contributed by atoms with E-state index in [2.05, 4.69) is 30.6 Å². The Morgan fingerprint density at radius 3 is 2.71 bits per heavy atom. The van der Waals surface area contributed by atoms with Crippen LogP contribution in [0.15, 0.2) is 12.5 Å². The number of imidazole rings is 1. The molecule has 12 nitrogen and oxygen atoms in total. The summed E-state index contributed by atoms with van der Waals surface area (Å²) >= 11 is 0. The van der Waals surface area contributed by atoms with Crippen molar-refractivity contribution in [1.29, 1.82) is 0 Å². The molecule has 0 saturated heterocycles. The predicted molar refractivity (Wildman–Crippen MR) is 100 cm³/mol. The van der Waals surface area contributed by atoms with Crippen molar-refractivity contribution in [2.75, 3.05) is 5.73 Å². The lowest BCUT2D eigenvalue weighted by atomic mass is 10.1. The number of amides is 2. The summed E-state index contributed by atoms with van der Waals surface area (Å²) in [5, 5.41) is 10.3. The molecule has 0 bridgehead atoms. The summed E-state index contributed by atoms with van der Waals surface area (Å²) in [6, 6.07) is -0.758. The van der Waals surface area contributed by atoms with Crippen LogP contribution in [-0.4, -0.2) is 52.4 Å². The molecule has 0 aromatic carbocycles. The van der Waals surface area contributed by atoms with Crippen LogP contribution in [0.3, 0.4) is 0 Å². The van der Waals surface area contributed by atoms with Crippen LogP contribution in [0.1, 0.15) is 20.8 Å². The van der Waals surface area contributed by atoms with Crippen LogP contribution in [0.25, 0.3) is 22.7 Å². The Hall–Kier alpha value is -3.41. The average Bonchev–Trinajstić information content (AvgIpc) is 3.25. The number of aryl methyl sites for hydroxylation is 1. The molecule has 0 spiro atoms. The number of anilines is 1. The molecule has 0 saturated carbocycles. The minimum atomic E-state index is -0.758. The molecule has 12 heteroatoms. The standard InChI is InChI=1S/C16H22N10O2/c1-4-26-14(22-12-13(18)19-7-20-15(12)26)9-5-25(24-23-9)6-10(27)21-16(28)11(17)8(2)3/h5,7-8,11H,4,6,17H2,1-3H3,(H2,18,19,20)(H,21,27,28)/t11-/m0/s1. The maximum Gasteiger partial charge on any atom is 0.248 e. The number of hydrogen-bond donors (Lipinski definition) is 3. The zero-order valence-electron chi connectivity index (χ0n) is 15.8. The van der Waals surface area contributed by atoms with Gasteiger partial charge in [0, 0.05) is 6.54 Å². The average molecular weight is 386 g/mol. The van der Waals surface area contributed by atoms with E-state index in [1.807, 2.05) is 11.5 Å². The second-order valence-electron chi connectivity index (χ2n) is 6.59. The van der Waals surface area contributed by atoms with Crippen molar-refractivity contribution in [3.8, 4) is 11.5 Å². The maximum atomic E-state index is 12.1. The molecule has 0 aliphatic carbocycles. The number of nitrogens with zero attached hydrogens (tertiary/aromatic N) is 7. The molecule has 3 aromatic heterocycles. The van der Waals surface area contributed by atoms with E-state index < -0.39 is 17.9 Å². The van der Waals surface area contributed by atoms with E-state index in [1.165, 1.54) is 11.0 Å². The fourth-order valence-electron chi connectivity index (χ4n) is 2.64. The smallest absolute Gasteiger partial charge is 0.248 e. The molecule has 0 radical (unpaired) electrons. The molecule has 3 heterocycles. The Morgan fingerprint density at radius 2 is 2.04 bits per heavy atom. The summed E-state index contributed by atoms with van der Waals surface area (Å²) in [4.78, 5) is 36.6. The molecule has 3 aromatic rings. The minimum absolute atomic E-state index is 0.0802. The Balaban J connectivity index is 1.79. The fraction of sp³-hybridized carbons (Fsp3) is 0.438. The molecule has 0 unspecified atom stereocenters. The number of nitrogens with one attached hydrogen (secondary N) is 1. The van der Waals surface area contributed by atoms with Gasteiger partial charge in [0.05, 0.1) is 12.2 Å². The Morgan fingerprint density at radius 1 is 1.29 bits per heavy atom. The van der Waals surface area contributed by atoms with Gasteiger partial charge < -0.3 is 16.0 Å². The van der Waals surface area contributed by atoms with Crippen molar-refractivity contribution in [1.82, 2.24) is 39.8 Å². The van der Waals surface area contributed by atoms with Crippen LogP contribution >= 0.6 is 0 Å². The molecule has 28 heavy (non-hydrogen) atoms. The van der Waals surface area contributed by atoms with Gasteiger partial charge in [0.1, 0.15) is 18.6 Å². The van der Waals surface area contributed by atoms with Crippen LogP contribution in [-0.2, 0) is 22.7 Å². The second kappa shape index (κ2) is 7.68. The molecular weight excluding hydrogens is 364 g/mol. The molecule has 0 fully saturated rings. The number of rotatable bonds is 6. The molecule has 3 rings (SSSR count). The summed E-state index contributed by atoms with van der Waals surface area (Å²) in [5.74, 6) is -0.360. The van der Waals surface area contributed by atoms with Gasteiger partial charge in [-0.05, 0) is 12.8 Å². The predicted octanol–water partition coefficient (Wildman–Crippen LogP) is -0.687. The van der Waals surface area contributed by atoms with Crippen LogP contribution in [0.4, 0.5) is 5.82 Å². The van der Waals surface area contributed by atoms with Gasteiger partial charge >= 0.3 is 0 Å². The quantitative estimate of drug-likeness (QED) is 0.495. The number of carbonyl (C=O) groups excluding carboxylic acids is 2. The number of fused-ring (bicyclic) bond motifs is 1. The van der Waals surface area contributed by atoms with Gasteiger partial charge in [-0.15, -0.1) is 5.10 Å². The minimum Gasteiger partial charge on any atom is -0.382 e. The normalized spacial score (nSPS) is 12.5. The molecule has 1 atom stereocenters. The first-order valence-corrected chi connectivity index (χ1v) is 8.78. The third kappa shape index (κ3) is 3.67. The second-order valence-corrected chi connectivity index (χ2v) is 6.59. The van der Waals surface area contributed by atoms with Crippen LogP contribution < -0.4 is 16.8 Å². The molecular formula is C16H22N10O2. The van der Waals surface area contributed by atoms with E-state index in [9.17, 15) is 9.59 Å². The van der Waals surface area contributed by atoms with E-state index in [1.54, 1.807) is 20.0 Å². The monoisotopic (exact) mass is 386 g/mol. The number of hydrogen-bond acceptors (Lipinski definition) is 9. The number of nitrogen functional groups attached to an aromatic ring is 1. The van der Waals surface area contributed by atoms with Gasteiger partial charge in [0.15, 0.2) is 22.8 Å². The van der Waals surface area contributed by atoms with Gasteiger partial charge in [0.2, 0.25) is 11.8 Å². The summed E-state index contributed by atoms with van der Waals surface area (Å²) < 4.78 is 3.14. The first-order chi connectivity index (χ1) is 13.3. The SMILES string of the molecule is CCn1c(-c2cn(CC(=O)NC(=O)[C@@H](N)C(C)C)nn2)nc2c(N)ncnc21. The summed E-state index contributed by atoms with van der Waals surface area (Å²) in [6.45, 7) is 5.93. The zero-order chi connectivity index (χ0) is 20.4. The topological polar surface area (TPSA) is 173 Å². The number of carbonyl (C=O) groups is 2. The van der Waals surface area contributed by atoms with Crippen molar-refractivity contribution < 1.29 is 9.59 Å².